The summed E-state index contributed by atoms with van der Waals surface area (Å²) in [6, 6.07) is 0. The molecular weight excluding hydrogens is 394 g/mol. The molecule has 3 aromatic rings. The Morgan fingerprint density at radius 1 is 1.19 bits per heavy atom. The molecule has 10 heteroatoms. The number of nitrogens with one attached hydrogen (secondary N) is 1. The Kier molecular flexibility index (Phi) is 5.97. The monoisotopic (exact) mass is 423 g/mol. The molecule has 31 heavy (non-hydrogen) atoms. The summed E-state index contributed by atoms with van der Waals surface area (Å²) in [5, 5.41) is 11.7. The SMILES string of the molecule is Cc1ncc(C)n2nc(C=Cc3nc(N4CCC(C)C4)nn3C)nc12.O=C1CCCN1. The molecule has 0 spiro atoms. The van der Waals surface area contributed by atoms with Crippen LogP contribution in [0.3, 0.4) is 0 Å². The highest BCUT2D eigenvalue weighted by atomic mass is 16.1. The molecule has 2 aliphatic rings. The zero-order valence-electron chi connectivity index (χ0n) is 18.5. The Bertz CT molecular complexity index is 1070. The molecule has 1 amide bonds. The van der Waals surface area contributed by atoms with Crippen molar-refractivity contribution in [3.63, 3.8) is 0 Å². The van der Waals surface area contributed by atoms with Gasteiger partial charge < -0.3 is 10.2 Å². The number of amides is 1. The van der Waals surface area contributed by atoms with Gasteiger partial charge in [-0.25, -0.2) is 14.2 Å². The van der Waals surface area contributed by atoms with Gasteiger partial charge in [0.15, 0.2) is 17.3 Å². The van der Waals surface area contributed by atoms with Crippen molar-refractivity contribution in [2.24, 2.45) is 13.0 Å². The molecule has 0 saturated carbocycles. The van der Waals surface area contributed by atoms with Crippen molar-refractivity contribution in [1.29, 1.82) is 0 Å². The molecule has 1 unspecified atom stereocenters. The normalized spacial score (nSPS) is 18.6. The number of aryl methyl sites for hydroxylation is 3. The van der Waals surface area contributed by atoms with E-state index < -0.39 is 0 Å². The summed E-state index contributed by atoms with van der Waals surface area (Å²) < 4.78 is 3.61. The van der Waals surface area contributed by atoms with Gasteiger partial charge in [-0.1, -0.05) is 6.92 Å². The van der Waals surface area contributed by atoms with Crippen molar-refractivity contribution in [3.05, 3.63) is 29.2 Å². The van der Waals surface area contributed by atoms with Gasteiger partial charge in [0.25, 0.3) is 0 Å². The highest BCUT2D eigenvalue weighted by molar-refractivity contribution is 5.77. The second-order valence-electron chi connectivity index (χ2n) is 8.21. The summed E-state index contributed by atoms with van der Waals surface area (Å²) in [4.78, 5) is 25.9. The lowest BCUT2D eigenvalue weighted by Gasteiger charge is -2.11. The third kappa shape index (κ3) is 4.73. The van der Waals surface area contributed by atoms with E-state index in [4.69, 9.17) is 0 Å². The van der Waals surface area contributed by atoms with Crippen LogP contribution in [0.5, 0.6) is 0 Å². The Balaban J connectivity index is 0.000000334. The van der Waals surface area contributed by atoms with E-state index in [-0.39, 0.29) is 5.91 Å². The maximum Gasteiger partial charge on any atom is 0.245 e. The van der Waals surface area contributed by atoms with E-state index in [0.717, 1.165) is 61.3 Å². The van der Waals surface area contributed by atoms with Crippen molar-refractivity contribution in [3.8, 4) is 0 Å². The summed E-state index contributed by atoms with van der Waals surface area (Å²) in [5.41, 5.74) is 2.60. The summed E-state index contributed by atoms with van der Waals surface area (Å²) in [7, 11) is 1.91. The van der Waals surface area contributed by atoms with Gasteiger partial charge in [-0.3, -0.25) is 9.78 Å². The maximum atomic E-state index is 10.1. The number of anilines is 1. The van der Waals surface area contributed by atoms with Crippen LogP contribution < -0.4 is 10.2 Å². The highest BCUT2D eigenvalue weighted by Crippen LogP contribution is 2.21. The number of fused-ring (bicyclic) bond motifs is 1. The van der Waals surface area contributed by atoms with E-state index in [9.17, 15) is 4.79 Å². The van der Waals surface area contributed by atoms with Crippen molar-refractivity contribution < 1.29 is 4.79 Å². The minimum atomic E-state index is 0.204. The standard InChI is InChI=1S/C17H22N8.C4H7NO/c1-11-7-8-24(10-11)17-20-15(23(4)22-17)6-5-14-19-16-13(3)18-9-12(2)25(16)21-14;6-4-2-1-3-5-4/h5-6,9,11H,7-8,10H2,1-4H3;1-3H2,(H,5,6). The average molecular weight is 424 g/mol. The predicted molar refractivity (Wildman–Crippen MR) is 118 cm³/mol. The number of nitrogens with zero attached hydrogens (tertiary/aromatic N) is 8. The predicted octanol–water partition coefficient (Wildman–Crippen LogP) is 1.78. The Labute approximate surface area is 181 Å². The molecule has 0 bridgehead atoms. The molecule has 164 valence electrons. The van der Waals surface area contributed by atoms with Gasteiger partial charge in [0.2, 0.25) is 11.9 Å². The van der Waals surface area contributed by atoms with Crippen LogP contribution in [0.4, 0.5) is 5.95 Å². The van der Waals surface area contributed by atoms with E-state index in [1.54, 1.807) is 10.9 Å². The molecule has 2 fully saturated rings. The molecule has 0 aliphatic carbocycles. The van der Waals surface area contributed by atoms with Crippen molar-refractivity contribution >= 4 is 29.7 Å². The topological polar surface area (TPSA) is 106 Å². The van der Waals surface area contributed by atoms with E-state index in [0.29, 0.717) is 11.7 Å². The number of hydrogen-bond donors (Lipinski definition) is 1. The molecule has 5 heterocycles. The first-order chi connectivity index (χ1) is 14.9. The maximum absolute atomic E-state index is 10.1. The number of carbonyl (C=O) groups excluding carboxylic acids is 1. The average Bonchev–Trinajstić information content (AvgIpc) is 3.52. The first-order valence-corrected chi connectivity index (χ1v) is 10.7. The van der Waals surface area contributed by atoms with Crippen molar-refractivity contribution in [2.45, 2.75) is 40.0 Å². The van der Waals surface area contributed by atoms with Gasteiger partial charge in [-0.05, 0) is 44.8 Å². The van der Waals surface area contributed by atoms with Crippen LogP contribution in [0.15, 0.2) is 6.20 Å². The van der Waals surface area contributed by atoms with Crippen molar-refractivity contribution in [1.82, 2.24) is 39.7 Å². The molecule has 0 aromatic carbocycles. The van der Waals surface area contributed by atoms with Gasteiger partial charge in [0.05, 0.1) is 11.4 Å². The fourth-order valence-corrected chi connectivity index (χ4v) is 3.67. The van der Waals surface area contributed by atoms with Crippen LogP contribution in [0.25, 0.3) is 17.8 Å². The number of carbonyl (C=O) groups is 1. The van der Waals surface area contributed by atoms with E-state index in [1.807, 2.05) is 37.6 Å². The molecule has 2 saturated heterocycles. The van der Waals surface area contributed by atoms with E-state index in [1.165, 1.54) is 6.42 Å². The van der Waals surface area contributed by atoms with Crippen LogP contribution in [0.1, 0.15) is 49.2 Å². The Morgan fingerprint density at radius 3 is 2.65 bits per heavy atom. The van der Waals surface area contributed by atoms with E-state index >= 15 is 0 Å². The molecule has 1 N–H and O–H groups in total. The van der Waals surface area contributed by atoms with Crippen LogP contribution in [-0.2, 0) is 11.8 Å². The Hall–Kier alpha value is -3.30. The number of aromatic nitrogens is 7. The number of rotatable bonds is 3. The summed E-state index contributed by atoms with van der Waals surface area (Å²) in [5.74, 6) is 3.13. The lowest BCUT2D eigenvalue weighted by atomic mass is 10.2. The number of hydrogen-bond acceptors (Lipinski definition) is 7. The Morgan fingerprint density at radius 2 is 2.03 bits per heavy atom. The van der Waals surface area contributed by atoms with Crippen LogP contribution in [0.2, 0.25) is 0 Å². The molecule has 3 aromatic heterocycles. The van der Waals surface area contributed by atoms with Crippen molar-refractivity contribution in [2.75, 3.05) is 24.5 Å². The fraction of sp³-hybridized carbons (Fsp3) is 0.524. The summed E-state index contributed by atoms with van der Waals surface area (Å²) in [6.45, 7) is 9.09. The first-order valence-electron chi connectivity index (χ1n) is 10.7. The molecule has 0 radical (unpaired) electrons. The third-order valence-electron chi connectivity index (χ3n) is 5.50. The lowest BCUT2D eigenvalue weighted by molar-refractivity contribution is -0.119. The molecule has 10 nitrogen and oxygen atoms in total. The zero-order chi connectivity index (χ0) is 22.0. The van der Waals surface area contributed by atoms with Gasteiger partial charge in [-0.15, -0.1) is 10.2 Å². The smallest absolute Gasteiger partial charge is 0.245 e. The minimum absolute atomic E-state index is 0.204. The second-order valence-corrected chi connectivity index (χ2v) is 8.21. The molecular formula is C21H29N9O. The lowest BCUT2D eigenvalue weighted by Crippen LogP contribution is -2.20. The summed E-state index contributed by atoms with van der Waals surface area (Å²) >= 11 is 0. The van der Waals surface area contributed by atoms with E-state index in [2.05, 4.69) is 42.3 Å². The van der Waals surface area contributed by atoms with Crippen LogP contribution in [-0.4, -0.2) is 59.9 Å². The minimum Gasteiger partial charge on any atom is -0.356 e. The first kappa shape index (κ1) is 21.0. The quantitative estimate of drug-likeness (QED) is 0.684. The van der Waals surface area contributed by atoms with Gasteiger partial charge in [-0.2, -0.15) is 4.98 Å². The van der Waals surface area contributed by atoms with Crippen LogP contribution >= 0.6 is 0 Å². The molecule has 5 rings (SSSR count). The van der Waals surface area contributed by atoms with Crippen LogP contribution in [0, 0.1) is 19.8 Å². The molecule has 2 aliphatic heterocycles. The fourth-order valence-electron chi connectivity index (χ4n) is 3.67. The van der Waals surface area contributed by atoms with Gasteiger partial charge in [0, 0.05) is 39.3 Å². The summed E-state index contributed by atoms with van der Waals surface area (Å²) in [6.07, 6.45) is 8.53. The van der Waals surface area contributed by atoms with Gasteiger partial charge >= 0.3 is 0 Å². The second kappa shape index (κ2) is 8.83. The van der Waals surface area contributed by atoms with Gasteiger partial charge in [0.1, 0.15) is 0 Å². The highest BCUT2D eigenvalue weighted by Gasteiger charge is 2.22. The third-order valence-corrected chi connectivity index (χ3v) is 5.50. The molecule has 1 atom stereocenters. The largest absolute Gasteiger partial charge is 0.356 e. The zero-order valence-corrected chi connectivity index (χ0v) is 18.5.